The summed E-state index contributed by atoms with van der Waals surface area (Å²) in [6, 6.07) is 7.75. The highest BCUT2D eigenvalue weighted by atomic mass is 16.5. The van der Waals surface area contributed by atoms with E-state index in [1.54, 1.807) is 25.9 Å². The van der Waals surface area contributed by atoms with Gasteiger partial charge in [0.2, 0.25) is 0 Å². The fourth-order valence-corrected chi connectivity index (χ4v) is 3.50. The van der Waals surface area contributed by atoms with Gasteiger partial charge in [-0.05, 0) is 30.7 Å². The van der Waals surface area contributed by atoms with Crippen molar-refractivity contribution in [3.8, 4) is 0 Å². The molecule has 0 radical (unpaired) electrons. The number of nitrogens with zero attached hydrogens (tertiary/aromatic N) is 4. The fraction of sp³-hybridized carbons (Fsp3) is 0.389. The van der Waals surface area contributed by atoms with Gasteiger partial charge in [-0.2, -0.15) is 0 Å². The van der Waals surface area contributed by atoms with Crippen molar-refractivity contribution in [2.75, 3.05) is 25.2 Å². The quantitative estimate of drug-likeness (QED) is 0.867. The van der Waals surface area contributed by atoms with Gasteiger partial charge in [-0.25, -0.2) is 9.98 Å². The first-order valence-electron chi connectivity index (χ1n) is 8.32. The van der Waals surface area contributed by atoms with Crippen LogP contribution in [0.15, 0.2) is 51.1 Å². The van der Waals surface area contributed by atoms with Crippen LogP contribution in [-0.4, -0.2) is 54.7 Å². The molecule has 2 aliphatic heterocycles. The lowest BCUT2D eigenvalue weighted by molar-refractivity contribution is 0.0444. The SMILES string of the molecule is COC(CO)CCN1c2cccnc2C2C(c3ccco3)=NC=NC21. The zero-order valence-electron chi connectivity index (χ0n) is 13.9. The van der Waals surface area contributed by atoms with E-state index in [9.17, 15) is 5.11 Å². The van der Waals surface area contributed by atoms with Crippen molar-refractivity contribution in [1.29, 1.82) is 0 Å². The Balaban J connectivity index is 1.68. The van der Waals surface area contributed by atoms with Crippen molar-refractivity contribution >= 4 is 17.7 Å². The van der Waals surface area contributed by atoms with Gasteiger partial charge in [0.15, 0.2) is 0 Å². The number of aromatic nitrogens is 1. The third-order valence-electron chi connectivity index (χ3n) is 4.75. The Bertz CT molecular complexity index is 783. The number of anilines is 1. The molecule has 2 aromatic heterocycles. The van der Waals surface area contributed by atoms with Gasteiger partial charge in [0.05, 0.1) is 42.0 Å². The van der Waals surface area contributed by atoms with Crippen LogP contribution in [0.4, 0.5) is 5.69 Å². The Morgan fingerprint density at radius 3 is 3.04 bits per heavy atom. The number of pyridine rings is 1. The highest BCUT2D eigenvalue weighted by Gasteiger charge is 2.44. The third kappa shape index (κ3) is 2.75. The largest absolute Gasteiger partial charge is 0.463 e. The van der Waals surface area contributed by atoms with E-state index in [0.29, 0.717) is 13.0 Å². The van der Waals surface area contributed by atoms with Crippen LogP contribution in [0.2, 0.25) is 0 Å². The highest BCUT2D eigenvalue weighted by Crippen LogP contribution is 2.43. The number of furan rings is 1. The molecule has 1 N–H and O–H groups in total. The average molecular weight is 340 g/mol. The number of aliphatic hydroxyl groups is 1. The molecule has 130 valence electrons. The molecule has 0 amide bonds. The Labute approximate surface area is 145 Å². The van der Waals surface area contributed by atoms with Crippen molar-refractivity contribution in [1.82, 2.24) is 4.98 Å². The lowest BCUT2D eigenvalue weighted by atomic mass is 9.95. The number of hydrogen-bond donors (Lipinski definition) is 1. The smallest absolute Gasteiger partial charge is 0.148 e. The molecule has 0 fully saturated rings. The maximum atomic E-state index is 9.38. The molecule has 25 heavy (non-hydrogen) atoms. The van der Waals surface area contributed by atoms with Gasteiger partial charge in [-0.1, -0.05) is 0 Å². The van der Waals surface area contributed by atoms with Crippen LogP contribution in [0.5, 0.6) is 0 Å². The summed E-state index contributed by atoms with van der Waals surface area (Å²) in [6.07, 6.45) is 5.44. The average Bonchev–Trinajstić information content (AvgIpc) is 3.29. The number of methoxy groups -OCH3 is 1. The Morgan fingerprint density at radius 2 is 2.28 bits per heavy atom. The molecule has 0 saturated heterocycles. The van der Waals surface area contributed by atoms with E-state index in [2.05, 4.69) is 25.9 Å². The molecule has 0 aromatic carbocycles. The van der Waals surface area contributed by atoms with Crippen molar-refractivity contribution in [2.24, 2.45) is 9.98 Å². The first-order chi connectivity index (χ1) is 12.3. The predicted octanol–water partition coefficient (Wildman–Crippen LogP) is 1.83. The molecular weight excluding hydrogens is 320 g/mol. The van der Waals surface area contributed by atoms with Crippen LogP contribution < -0.4 is 4.90 Å². The lowest BCUT2D eigenvalue weighted by Gasteiger charge is -2.29. The summed E-state index contributed by atoms with van der Waals surface area (Å²) in [4.78, 5) is 15.9. The molecule has 0 saturated carbocycles. The normalized spacial score (nSPS) is 22.5. The minimum absolute atomic E-state index is 0.000698. The summed E-state index contributed by atoms with van der Waals surface area (Å²) in [6.45, 7) is 0.711. The number of aliphatic hydroxyl groups excluding tert-OH is 1. The van der Waals surface area contributed by atoms with Crippen LogP contribution in [-0.2, 0) is 4.74 Å². The van der Waals surface area contributed by atoms with E-state index in [4.69, 9.17) is 9.15 Å². The summed E-state index contributed by atoms with van der Waals surface area (Å²) < 4.78 is 10.9. The maximum Gasteiger partial charge on any atom is 0.148 e. The molecule has 3 unspecified atom stereocenters. The number of ether oxygens (including phenoxy) is 1. The third-order valence-corrected chi connectivity index (χ3v) is 4.75. The highest BCUT2D eigenvalue weighted by molar-refractivity contribution is 6.09. The number of hydrogen-bond acceptors (Lipinski definition) is 7. The van der Waals surface area contributed by atoms with E-state index >= 15 is 0 Å². The van der Waals surface area contributed by atoms with Crippen molar-refractivity contribution in [3.63, 3.8) is 0 Å². The molecule has 7 heteroatoms. The Morgan fingerprint density at radius 1 is 1.36 bits per heavy atom. The van der Waals surface area contributed by atoms with Crippen molar-refractivity contribution in [2.45, 2.75) is 24.6 Å². The predicted molar refractivity (Wildman–Crippen MR) is 94.3 cm³/mol. The molecule has 4 rings (SSSR count). The van der Waals surface area contributed by atoms with Gasteiger partial charge >= 0.3 is 0 Å². The minimum atomic E-state index is -0.190. The standard InChI is InChI=1S/C18H20N4O3/c1-24-12(10-23)6-8-22-13-4-2-7-19-16(13)15-17(14-5-3-9-25-14)20-11-21-18(15)22/h2-5,7,9,11-12,15,18,23H,6,8,10H2,1H3. The van der Waals surface area contributed by atoms with Crippen LogP contribution >= 0.6 is 0 Å². The molecule has 2 aromatic rings. The van der Waals surface area contributed by atoms with Crippen LogP contribution in [0, 0.1) is 0 Å². The molecular formula is C18H20N4O3. The summed E-state index contributed by atoms with van der Waals surface area (Å²) in [5, 5.41) is 9.38. The number of fused-ring (bicyclic) bond motifs is 3. The monoisotopic (exact) mass is 340 g/mol. The van der Waals surface area contributed by atoms with Crippen LogP contribution in [0.25, 0.3) is 0 Å². The number of rotatable bonds is 6. The fourth-order valence-electron chi connectivity index (χ4n) is 3.50. The first kappa shape index (κ1) is 16.0. The topological polar surface area (TPSA) is 83.5 Å². The maximum absolute atomic E-state index is 9.38. The van der Waals surface area contributed by atoms with Crippen molar-refractivity contribution < 1.29 is 14.3 Å². The van der Waals surface area contributed by atoms with Gasteiger partial charge in [0.1, 0.15) is 18.3 Å². The van der Waals surface area contributed by atoms with E-state index in [-0.39, 0.29) is 24.8 Å². The van der Waals surface area contributed by atoms with Gasteiger partial charge in [-0.15, -0.1) is 0 Å². The molecule has 4 heterocycles. The summed E-state index contributed by atoms with van der Waals surface area (Å²) >= 11 is 0. The van der Waals surface area contributed by atoms with E-state index < -0.39 is 0 Å². The second-order valence-corrected chi connectivity index (χ2v) is 6.08. The van der Waals surface area contributed by atoms with Gasteiger partial charge in [-0.3, -0.25) is 4.98 Å². The zero-order chi connectivity index (χ0) is 17.2. The summed E-state index contributed by atoms with van der Waals surface area (Å²) in [5.41, 5.74) is 2.85. The van der Waals surface area contributed by atoms with E-state index in [1.165, 1.54) is 0 Å². The van der Waals surface area contributed by atoms with Crippen LogP contribution in [0.3, 0.4) is 0 Å². The molecule has 7 nitrogen and oxygen atoms in total. The first-order valence-corrected chi connectivity index (χ1v) is 8.32. The van der Waals surface area contributed by atoms with Gasteiger partial charge in [0, 0.05) is 19.9 Å². The number of aliphatic imine (C=N–C) groups is 2. The van der Waals surface area contributed by atoms with Gasteiger partial charge < -0.3 is 19.2 Å². The van der Waals surface area contributed by atoms with Gasteiger partial charge in [0.25, 0.3) is 0 Å². The minimum Gasteiger partial charge on any atom is -0.463 e. The molecule has 3 atom stereocenters. The zero-order valence-corrected chi connectivity index (χ0v) is 13.9. The van der Waals surface area contributed by atoms with Crippen molar-refractivity contribution in [3.05, 3.63) is 48.2 Å². The summed E-state index contributed by atoms with van der Waals surface area (Å²) in [5.74, 6) is 0.673. The lowest BCUT2D eigenvalue weighted by Crippen LogP contribution is -2.39. The Hall–Kier alpha value is -2.51. The molecule has 2 aliphatic rings. The Kier molecular flexibility index (Phi) is 4.33. The van der Waals surface area contributed by atoms with E-state index in [1.807, 2.05) is 18.2 Å². The molecule has 0 spiro atoms. The van der Waals surface area contributed by atoms with Crippen LogP contribution in [0.1, 0.15) is 23.8 Å². The van der Waals surface area contributed by atoms with E-state index in [0.717, 1.165) is 22.9 Å². The second kappa shape index (κ2) is 6.78. The second-order valence-electron chi connectivity index (χ2n) is 6.08. The molecule has 0 aliphatic carbocycles. The molecule has 0 bridgehead atoms. The summed E-state index contributed by atoms with van der Waals surface area (Å²) in [7, 11) is 1.61.